The Morgan fingerprint density at radius 1 is 0.958 bits per heavy atom. The fourth-order valence-corrected chi connectivity index (χ4v) is 2.40. The molecule has 2 aromatic carbocycles. The molecule has 0 saturated carbocycles. The Balaban J connectivity index is 1.72. The molecule has 2 N–H and O–H groups in total. The monoisotopic (exact) mass is 319 g/mol. The fraction of sp³-hybridized carbons (Fsp3) is 0.105. The Morgan fingerprint density at radius 2 is 1.67 bits per heavy atom. The summed E-state index contributed by atoms with van der Waals surface area (Å²) >= 11 is 0. The summed E-state index contributed by atoms with van der Waals surface area (Å²) in [6, 6.07) is 17.8. The van der Waals surface area contributed by atoms with Gasteiger partial charge in [0.1, 0.15) is 11.7 Å². The molecule has 5 heteroatoms. The van der Waals surface area contributed by atoms with Crippen LogP contribution >= 0.6 is 0 Å². The number of para-hydroxylation sites is 1. The second-order valence-corrected chi connectivity index (χ2v) is 5.43. The van der Waals surface area contributed by atoms with Crippen LogP contribution in [0.4, 0.5) is 5.69 Å². The Bertz CT molecular complexity index is 873. The van der Waals surface area contributed by atoms with Crippen LogP contribution in [0.1, 0.15) is 17.4 Å². The molecule has 2 amide bonds. The molecule has 0 fully saturated rings. The molecule has 1 aromatic heterocycles. The molecule has 1 heterocycles. The number of hydrogen-bond donors (Lipinski definition) is 2. The number of aromatic nitrogens is 1. The number of carbonyl (C=O) groups excluding carboxylic acids is 2. The number of hydrogen-bond acceptors (Lipinski definition) is 3. The summed E-state index contributed by atoms with van der Waals surface area (Å²) in [4.78, 5) is 28.8. The Hall–Kier alpha value is -3.21. The maximum Gasteiger partial charge on any atom is 0.271 e. The molecule has 120 valence electrons. The molecule has 3 aromatic rings. The second-order valence-electron chi connectivity index (χ2n) is 5.43. The lowest BCUT2D eigenvalue weighted by Crippen LogP contribution is -2.41. The summed E-state index contributed by atoms with van der Waals surface area (Å²) in [5, 5.41) is 7.14. The molecule has 3 rings (SSSR count). The van der Waals surface area contributed by atoms with Crippen LogP contribution in [0.3, 0.4) is 0 Å². The highest BCUT2D eigenvalue weighted by Gasteiger charge is 2.19. The van der Waals surface area contributed by atoms with Crippen molar-refractivity contribution < 1.29 is 9.59 Å². The van der Waals surface area contributed by atoms with E-state index in [1.54, 1.807) is 25.3 Å². The average molecular weight is 319 g/mol. The maximum atomic E-state index is 12.5. The quantitative estimate of drug-likeness (QED) is 0.776. The predicted octanol–water partition coefficient (Wildman–Crippen LogP) is 2.99. The Kier molecular flexibility index (Phi) is 4.52. The van der Waals surface area contributed by atoms with Crippen LogP contribution in [0.15, 0.2) is 66.9 Å². The summed E-state index contributed by atoms with van der Waals surface area (Å²) in [5.41, 5.74) is 0.999. The van der Waals surface area contributed by atoms with Crippen molar-refractivity contribution in [2.75, 3.05) is 5.32 Å². The number of nitrogens with one attached hydrogen (secondary N) is 2. The lowest BCUT2D eigenvalue weighted by atomic mass is 10.1. The van der Waals surface area contributed by atoms with E-state index in [4.69, 9.17) is 0 Å². The summed E-state index contributed by atoms with van der Waals surface area (Å²) in [7, 11) is 0. The van der Waals surface area contributed by atoms with Gasteiger partial charge in [0.25, 0.3) is 5.91 Å². The van der Waals surface area contributed by atoms with Gasteiger partial charge in [0, 0.05) is 17.3 Å². The van der Waals surface area contributed by atoms with Crippen LogP contribution in [0.5, 0.6) is 0 Å². The van der Waals surface area contributed by atoms with Gasteiger partial charge in [-0.1, -0.05) is 42.5 Å². The lowest BCUT2D eigenvalue weighted by Gasteiger charge is -2.14. The van der Waals surface area contributed by atoms with Gasteiger partial charge in [-0.2, -0.15) is 0 Å². The largest absolute Gasteiger partial charge is 0.339 e. The van der Waals surface area contributed by atoms with Crippen LogP contribution in [0.25, 0.3) is 10.8 Å². The number of nitrogens with zero attached hydrogens (tertiary/aromatic N) is 1. The van der Waals surface area contributed by atoms with Crippen molar-refractivity contribution in [3.63, 3.8) is 0 Å². The van der Waals surface area contributed by atoms with Crippen molar-refractivity contribution in [2.45, 2.75) is 13.0 Å². The van der Waals surface area contributed by atoms with Gasteiger partial charge < -0.3 is 10.6 Å². The van der Waals surface area contributed by atoms with Crippen LogP contribution < -0.4 is 10.6 Å². The number of rotatable bonds is 4. The van der Waals surface area contributed by atoms with E-state index in [2.05, 4.69) is 15.6 Å². The van der Waals surface area contributed by atoms with Gasteiger partial charge in [-0.05, 0) is 30.5 Å². The summed E-state index contributed by atoms with van der Waals surface area (Å²) < 4.78 is 0. The highest BCUT2D eigenvalue weighted by atomic mass is 16.2. The van der Waals surface area contributed by atoms with Gasteiger partial charge in [0.2, 0.25) is 5.91 Å². The number of pyridine rings is 1. The van der Waals surface area contributed by atoms with E-state index in [-0.39, 0.29) is 11.8 Å². The third kappa shape index (κ3) is 3.41. The second kappa shape index (κ2) is 6.91. The first-order valence-corrected chi connectivity index (χ1v) is 7.65. The molecule has 0 aliphatic rings. The zero-order valence-electron chi connectivity index (χ0n) is 13.2. The fourth-order valence-electron chi connectivity index (χ4n) is 2.40. The van der Waals surface area contributed by atoms with Crippen molar-refractivity contribution >= 4 is 28.3 Å². The molecule has 1 atom stereocenters. The van der Waals surface area contributed by atoms with Gasteiger partial charge in [-0.3, -0.25) is 14.6 Å². The minimum atomic E-state index is -0.682. The topological polar surface area (TPSA) is 71.1 Å². The highest BCUT2D eigenvalue weighted by molar-refractivity contribution is 6.07. The number of fused-ring (bicyclic) bond motifs is 1. The molecule has 0 aliphatic carbocycles. The van der Waals surface area contributed by atoms with Crippen molar-refractivity contribution in [2.24, 2.45) is 0 Å². The first-order valence-electron chi connectivity index (χ1n) is 7.65. The number of anilines is 1. The molecule has 0 saturated heterocycles. The average Bonchev–Trinajstić information content (AvgIpc) is 2.62. The SMILES string of the molecule is C[C@@H](NC(=O)c1nccc2ccccc12)C(=O)Nc1ccccc1. The minimum Gasteiger partial charge on any atom is -0.339 e. The maximum absolute atomic E-state index is 12.5. The smallest absolute Gasteiger partial charge is 0.271 e. The summed E-state index contributed by atoms with van der Waals surface area (Å²) in [6.45, 7) is 1.64. The highest BCUT2D eigenvalue weighted by Crippen LogP contribution is 2.16. The molecule has 0 radical (unpaired) electrons. The van der Waals surface area contributed by atoms with Crippen LogP contribution in [-0.2, 0) is 4.79 Å². The molecule has 0 aliphatic heterocycles. The summed E-state index contributed by atoms with van der Waals surface area (Å²) in [6.07, 6.45) is 1.59. The zero-order valence-corrected chi connectivity index (χ0v) is 13.2. The van der Waals surface area contributed by atoms with E-state index >= 15 is 0 Å². The van der Waals surface area contributed by atoms with Crippen LogP contribution in [0, 0.1) is 0 Å². The number of benzene rings is 2. The molecule has 24 heavy (non-hydrogen) atoms. The van der Waals surface area contributed by atoms with E-state index in [0.29, 0.717) is 11.4 Å². The van der Waals surface area contributed by atoms with Crippen molar-refractivity contribution in [3.05, 3.63) is 72.6 Å². The zero-order chi connectivity index (χ0) is 16.9. The lowest BCUT2D eigenvalue weighted by molar-refractivity contribution is -0.117. The van der Waals surface area contributed by atoms with E-state index in [1.807, 2.05) is 48.5 Å². The number of carbonyl (C=O) groups is 2. The normalized spacial score (nSPS) is 11.7. The number of amides is 2. The van der Waals surface area contributed by atoms with Crippen molar-refractivity contribution in [3.8, 4) is 0 Å². The molecule has 0 bridgehead atoms. The van der Waals surface area contributed by atoms with Gasteiger partial charge in [-0.15, -0.1) is 0 Å². The molecular weight excluding hydrogens is 302 g/mol. The first kappa shape index (κ1) is 15.7. The Morgan fingerprint density at radius 3 is 2.46 bits per heavy atom. The van der Waals surface area contributed by atoms with Gasteiger partial charge in [0.15, 0.2) is 0 Å². The van der Waals surface area contributed by atoms with Gasteiger partial charge in [-0.25, -0.2) is 0 Å². The van der Waals surface area contributed by atoms with E-state index in [0.717, 1.165) is 10.8 Å². The predicted molar refractivity (Wildman–Crippen MR) is 93.7 cm³/mol. The van der Waals surface area contributed by atoms with Gasteiger partial charge >= 0.3 is 0 Å². The van der Waals surface area contributed by atoms with Crippen LogP contribution in [0.2, 0.25) is 0 Å². The third-order valence-corrected chi connectivity index (χ3v) is 3.67. The van der Waals surface area contributed by atoms with Crippen molar-refractivity contribution in [1.29, 1.82) is 0 Å². The summed E-state index contributed by atoms with van der Waals surface area (Å²) in [5.74, 6) is -0.655. The van der Waals surface area contributed by atoms with E-state index in [9.17, 15) is 9.59 Å². The van der Waals surface area contributed by atoms with Gasteiger partial charge in [0.05, 0.1) is 0 Å². The van der Waals surface area contributed by atoms with Crippen molar-refractivity contribution in [1.82, 2.24) is 10.3 Å². The van der Waals surface area contributed by atoms with E-state index < -0.39 is 6.04 Å². The third-order valence-electron chi connectivity index (χ3n) is 3.67. The molecule has 0 spiro atoms. The van der Waals surface area contributed by atoms with E-state index in [1.165, 1.54) is 0 Å². The Labute approximate surface area is 139 Å². The minimum absolute atomic E-state index is 0.283. The first-order chi connectivity index (χ1) is 11.6. The standard InChI is InChI=1S/C19H17N3O2/c1-13(18(23)22-15-8-3-2-4-9-15)21-19(24)17-16-10-6-5-7-14(16)11-12-20-17/h2-13H,1H3,(H,21,24)(H,22,23)/t13-/m1/s1. The van der Waals surface area contributed by atoms with Crippen LogP contribution in [-0.4, -0.2) is 22.8 Å². The molecule has 5 nitrogen and oxygen atoms in total. The molecule has 0 unspecified atom stereocenters. The molecular formula is C19H17N3O2.